The number of rotatable bonds is 5. The minimum absolute atomic E-state index is 0.163. The summed E-state index contributed by atoms with van der Waals surface area (Å²) in [5.74, 6) is 0.622. The zero-order chi connectivity index (χ0) is 14.5. The van der Waals surface area contributed by atoms with Gasteiger partial charge in [0.05, 0.1) is 6.04 Å². The Kier molecular flexibility index (Phi) is 4.53. The fourth-order valence-electron chi connectivity index (χ4n) is 2.03. The maximum Gasteiger partial charge on any atom is 0.237 e. The van der Waals surface area contributed by atoms with Gasteiger partial charge in [-0.2, -0.15) is 0 Å². The highest BCUT2D eigenvalue weighted by atomic mass is 16.2. The predicted molar refractivity (Wildman–Crippen MR) is 77.9 cm³/mol. The van der Waals surface area contributed by atoms with Crippen LogP contribution in [0.4, 0.5) is 0 Å². The molecule has 2 rings (SSSR count). The Bertz CT molecular complexity index is 564. The maximum absolute atomic E-state index is 12.1. The topological polar surface area (TPSA) is 72.9 Å². The van der Waals surface area contributed by atoms with E-state index in [1.54, 1.807) is 6.20 Å². The molecule has 1 heterocycles. The number of aromatic nitrogens is 2. The Morgan fingerprint density at radius 2 is 2.10 bits per heavy atom. The first-order chi connectivity index (χ1) is 9.63. The summed E-state index contributed by atoms with van der Waals surface area (Å²) in [6.45, 7) is 1.89. The first-order valence-corrected chi connectivity index (χ1v) is 6.71. The summed E-state index contributed by atoms with van der Waals surface area (Å²) in [6.07, 6.45) is 4.18. The van der Waals surface area contributed by atoms with Gasteiger partial charge in [-0.25, -0.2) is 4.98 Å². The molecule has 0 aliphatic rings. The summed E-state index contributed by atoms with van der Waals surface area (Å²) >= 11 is 0. The Morgan fingerprint density at radius 3 is 2.65 bits per heavy atom. The first kappa shape index (κ1) is 14.3. The van der Waals surface area contributed by atoms with E-state index < -0.39 is 6.04 Å². The third-order valence-corrected chi connectivity index (χ3v) is 3.31. The highest BCUT2D eigenvalue weighted by Crippen LogP contribution is 2.20. The molecule has 0 fully saturated rings. The maximum atomic E-state index is 12.1. The predicted octanol–water partition coefficient (Wildman–Crippen LogP) is 1.36. The lowest BCUT2D eigenvalue weighted by atomic mass is 10.1. The number of aryl methyl sites for hydroxylation is 1. The van der Waals surface area contributed by atoms with Gasteiger partial charge < -0.3 is 15.6 Å². The molecule has 2 aromatic rings. The molecule has 0 spiro atoms. The molecule has 1 aromatic carbocycles. The van der Waals surface area contributed by atoms with Crippen LogP contribution in [0.1, 0.15) is 30.8 Å². The van der Waals surface area contributed by atoms with Crippen LogP contribution in [0, 0.1) is 0 Å². The SMILES string of the molecule is CC[C@@H](N)C(=O)NC(c1ccccc1)c1nccn1C. The second-order valence-corrected chi connectivity index (χ2v) is 4.76. The molecule has 2 atom stereocenters. The van der Waals surface area contributed by atoms with Gasteiger partial charge in [0, 0.05) is 19.4 Å². The van der Waals surface area contributed by atoms with Gasteiger partial charge in [0.25, 0.3) is 0 Å². The monoisotopic (exact) mass is 272 g/mol. The van der Waals surface area contributed by atoms with Crippen molar-refractivity contribution in [2.45, 2.75) is 25.4 Å². The van der Waals surface area contributed by atoms with E-state index in [1.807, 2.05) is 55.1 Å². The van der Waals surface area contributed by atoms with E-state index in [0.29, 0.717) is 6.42 Å². The lowest BCUT2D eigenvalue weighted by Gasteiger charge is -2.21. The average molecular weight is 272 g/mol. The van der Waals surface area contributed by atoms with Crippen LogP contribution in [-0.4, -0.2) is 21.5 Å². The quantitative estimate of drug-likeness (QED) is 0.863. The summed E-state index contributed by atoms with van der Waals surface area (Å²) in [5.41, 5.74) is 6.78. The van der Waals surface area contributed by atoms with E-state index in [2.05, 4.69) is 10.3 Å². The van der Waals surface area contributed by atoms with Crippen molar-refractivity contribution in [3.63, 3.8) is 0 Å². The number of benzene rings is 1. The molecule has 20 heavy (non-hydrogen) atoms. The molecular formula is C15H20N4O. The lowest BCUT2D eigenvalue weighted by molar-refractivity contribution is -0.123. The third-order valence-electron chi connectivity index (χ3n) is 3.31. The van der Waals surface area contributed by atoms with Gasteiger partial charge in [0.2, 0.25) is 5.91 Å². The molecule has 0 aliphatic heterocycles. The molecule has 5 heteroatoms. The average Bonchev–Trinajstić information content (AvgIpc) is 2.90. The largest absolute Gasteiger partial charge is 0.341 e. The van der Waals surface area contributed by atoms with Crippen molar-refractivity contribution in [1.29, 1.82) is 0 Å². The van der Waals surface area contributed by atoms with Gasteiger partial charge in [0.15, 0.2) is 0 Å². The number of imidazole rings is 1. The summed E-state index contributed by atoms with van der Waals surface area (Å²) < 4.78 is 1.90. The summed E-state index contributed by atoms with van der Waals surface area (Å²) in [6, 6.07) is 8.98. The van der Waals surface area contributed by atoms with Crippen molar-refractivity contribution in [2.24, 2.45) is 12.8 Å². The molecule has 0 aliphatic carbocycles. The third kappa shape index (κ3) is 3.05. The fourth-order valence-corrected chi connectivity index (χ4v) is 2.03. The zero-order valence-electron chi connectivity index (χ0n) is 11.8. The van der Waals surface area contributed by atoms with Gasteiger partial charge in [-0.05, 0) is 12.0 Å². The van der Waals surface area contributed by atoms with Crippen LogP contribution in [0.5, 0.6) is 0 Å². The van der Waals surface area contributed by atoms with Gasteiger partial charge in [-0.1, -0.05) is 37.3 Å². The van der Waals surface area contributed by atoms with Crippen molar-refractivity contribution >= 4 is 5.91 Å². The smallest absolute Gasteiger partial charge is 0.237 e. The Morgan fingerprint density at radius 1 is 1.40 bits per heavy atom. The number of carbonyl (C=O) groups excluding carboxylic acids is 1. The van der Waals surface area contributed by atoms with Crippen LogP contribution in [0.25, 0.3) is 0 Å². The molecule has 1 unspecified atom stereocenters. The summed E-state index contributed by atoms with van der Waals surface area (Å²) in [7, 11) is 1.91. The van der Waals surface area contributed by atoms with Crippen molar-refractivity contribution in [2.75, 3.05) is 0 Å². The standard InChI is InChI=1S/C15H20N4O/c1-3-12(16)15(20)18-13(11-7-5-4-6-8-11)14-17-9-10-19(14)2/h4-10,12-13H,3,16H2,1-2H3,(H,18,20)/t12-,13?/m1/s1. The molecular weight excluding hydrogens is 252 g/mol. The molecule has 1 aromatic heterocycles. The van der Waals surface area contributed by atoms with Gasteiger partial charge in [0.1, 0.15) is 11.9 Å². The van der Waals surface area contributed by atoms with Crippen molar-refractivity contribution in [3.8, 4) is 0 Å². The van der Waals surface area contributed by atoms with Crippen molar-refractivity contribution < 1.29 is 4.79 Å². The van der Waals surface area contributed by atoms with Crippen molar-refractivity contribution in [1.82, 2.24) is 14.9 Å². The van der Waals surface area contributed by atoms with E-state index in [1.165, 1.54) is 0 Å². The van der Waals surface area contributed by atoms with Crippen LogP contribution < -0.4 is 11.1 Å². The number of nitrogens with zero attached hydrogens (tertiary/aromatic N) is 2. The zero-order valence-corrected chi connectivity index (χ0v) is 11.8. The molecule has 106 valence electrons. The Hall–Kier alpha value is -2.14. The van der Waals surface area contributed by atoms with Gasteiger partial charge in [-0.15, -0.1) is 0 Å². The second kappa shape index (κ2) is 6.34. The van der Waals surface area contributed by atoms with Crippen LogP contribution in [-0.2, 0) is 11.8 Å². The van der Waals surface area contributed by atoms with Crippen LogP contribution >= 0.6 is 0 Å². The number of amides is 1. The fraction of sp³-hybridized carbons (Fsp3) is 0.333. The number of carbonyl (C=O) groups is 1. The highest BCUT2D eigenvalue weighted by molar-refractivity contribution is 5.82. The van der Waals surface area contributed by atoms with Crippen molar-refractivity contribution in [3.05, 3.63) is 54.1 Å². The van der Waals surface area contributed by atoms with Crippen LogP contribution in [0.2, 0.25) is 0 Å². The molecule has 5 nitrogen and oxygen atoms in total. The highest BCUT2D eigenvalue weighted by Gasteiger charge is 2.22. The molecule has 3 N–H and O–H groups in total. The summed E-state index contributed by atoms with van der Waals surface area (Å²) in [4.78, 5) is 16.4. The van der Waals surface area contributed by atoms with Gasteiger partial charge in [-0.3, -0.25) is 4.79 Å². The first-order valence-electron chi connectivity index (χ1n) is 6.71. The van der Waals surface area contributed by atoms with E-state index in [9.17, 15) is 4.79 Å². The van der Waals surface area contributed by atoms with Crippen LogP contribution in [0.3, 0.4) is 0 Å². The molecule has 0 bridgehead atoms. The number of hydrogen-bond acceptors (Lipinski definition) is 3. The molecule has 1 amide bonds. The molecule has 0 saturated carbocycles. The van der Waals surface area contributed by atoms with E-state index in [4.69, 9.17) is 5.73 Å². The van der Waals surface area contributed by atoms with Gasteiger partial charge >= 0.3 is 0 Å². The molecule has 0 saturated heterocycles. The normalized spacial score (nSPS) is 13.8. The van der Waals surface area contributed by atoms with E-state index in [0.717, 1.165) is 11.4 Å². The van der Waals surface area contributed by atoms with E-state index in [-0.39, 0.29) is 11.9 Å². The Balaban J connectivity index is 2.31. The minimum Gasteiger partial charge on any atom is -0.341 e. The minimum atomic E-state index is -0.499. The van der Waals surface area contributed by atoms with Crippen LogP contribution in [0.15, 0.2) is 42.7 Å². The number of nitrogens with one attached hydrogen (secondary N) is 1. The van der Waals surface area contributed by atoms with E-state index >= 15 is 0 Å². The number of nitrogens with two attached hydrogens (primary N) is 1. The number of hydrogen-bond donors (Lipinski definition) is 2. The molecule has 0 radical (unpaired) electrons. The Labute approximate surface area is 118 Å². The second-order valence-electron chi connectivity index (χ2n) is 4.76. The summed E-state index contributed by atoms with van der Waals surface area (Å²) in [5, 5.41) is 2.98. The lowest BCUT2D eigenvalue weighted by Crippen LogP contribution is -2.42.